The number of pyridine rings is 1. The highest BCUT2D eigenvalue weighted by Crippen LogP contribution is 2.31. The molecular formula is C27H24F3N5O. The lowest BCUT2D eigenvalue weighted by Gasteiger charge is -2.35. The van der Waals surface area contributed by atoms with Crippen LogP contribution in [0.4, 0.5) is 19.1 Å². The molecule has 0 amide bonds. The molecule has 184 valence electrons. The first-order chi connectivity index (χ1) is 17.3. The van der Waals surface area contributed by atoms with Crippen molar-refractivity contribution >= 4 is 5.95 Å². The molecule has 2 aromatic carbocycles. The fourth-order valence-corrected chi connectivity index (χ4v) is 4.40. The van der Waals surface area contributed by atoms with Gasteiger partial charge in [-0.15, -0.1) is 0 Å². The number of nitrogens with zero attached hydrogens (tertiary/aromatic N) is 4. The molecule has 4 aromatic rings. The average Bonchev–Trinajstić information content (AvgIpc) is 2.90. The van der Waals surface area contributed by atoms with Crippen molar-refractivity contribution in [2.24, 2.45) is 7.05 Å². The average molecular weight is 492 g/mol. The van der Waals surface area contributed by atoms with Crippen LogP contribution >= 0.6 is 0 Å². The Labute approximate surface area is 206 Å². The molecule has 0 bridgehead atoms. The number of rotatable bonds is 4. The molecule has 36 heavy (non-hydrogen) atoms. The van der Waals surface area contributed by atoms with E-state index < -0.39 is 11.7 Å². The van der Waals surface area contributed by atoms with Crippen LogP contribution in [0, 0.1) is 0 Å². The second-order valence-electron chi connectivity index (χ2n) is 8.72. The van der Waals surface area contributed by atoms with Crippen LogP contribution in [0.15, 0.2) is 83.9 Å². The van der Waals surface area contributed by atoms with Gasteiger partial charge in [0, 0.05) is 56.7 Å². The van der Waals surface area contributed by atoms with Gasteiger partial charge in [-0.1, -0.05) is 36.4 Å². The summed E-state index contributed by atoms with van der Waals surface area (Å²) < 4.78 is 40.1. The van der Waals surface area contributed by atoms with Gasteiger partial charge >= 0.3 is 6.18 Å². The first kappa shape index (κ1) is 23.7. The molecule has 1 aliphatic rings. The van der Waals surface area contributed by atoms with E-state index in [1.165, 1.54) is 18.2 Å². The number of piperazine rings is 1. The van der Waals surface area contributed by atoms with Gasteiger partial charge in [0.1, 0.15) is 0 Å². The van der Waals surface area contributed by atoms with E-state index in [-0.39, 0.29) is 11.6 Å². The summed E-state index contributed by atoms with van der Waals surface area (Å²) in [5.74, 6) is 0.599. The lowest BCUT2D eigenvalue weighted by atomic mass is 9.99. The number of aromatic nitrogens is 3. The molecule has 1 atom stereocenters. The minimum absolute atomic E-state index is 0.00175. The maximum atomic E-state index is 12.9. The summed E-state index contributed by atoms with van der Waals surface area (Å²) in [5, 5.41) is 3.51. The molecule has 9 heteroatoms. The normalized spacial score (nSPS) is 16.2. The van der Waals surface area contributed by atoms with Gasteiger partial charge in [-0.2, -0.15) is 13.2 Å². The van der Waals surface area contributed by atoms with E-state index >= 15 is 0 Å². The van der Waals surface area contributed by atoms with E-state index in [4.69, 9.17) is 4.98 Å². The van der Waals surface area contributed by atoms with Gasteiger partial charge in [0.15, 0.2) is 0 Å². The van der Waals surface area contributed by atoms with Crippen molar-refractivity contribution in [3.05, 3.63) is 101 Å². The van der Waals surface area contributed by atoms with E-state index in [0.717, 1.165) is 34.4 Å². The molecule has 0 spiro atoms. The molecule has 0 radical (unpaired) electrons. The second kappa shape index (κ2) is 9.58. The van der Waals surface area contributed by atoms with Crippen molar-refractivity contribution in [3.63, 3.8) is 0 Å². The van der Waals surface area contributed by atoms with Gasteiger partial charge in [0.05, 0.1) is 11.3 Å². The summed E-state index contributed by atoms with van der Waals surface area (Å²) in [6.07, 6.45) is -1.01. The molecular weight excluding hydrogens is 467 g/mol. The lowest BCUT2D eigenvalue weighted by molar-refractivity contribution is -0.137. The molecule has 0 aliphatic carbocycles. The van der Waals surface area contributed by atoms with Crippen molar-refractivity contribution in [1.29, 1.82) is 0 Å². The predicted molar refractivity (Wildman–Crippen MR) is 133 cm³/mol. The number of halogens is 3. The van der Waals surface area contributed by atoms with E-state index in [0.29, 0.717) is 31.3 Å². The number of alkyl halides is 3. The van der Waals surface area contributed by atoms with Crippen molar-refractivity contribution in [2.45, 2.75) is 12.2 Å². The monoisotopic (exact) mass is 491 g/mol. The quantitative estimate of drug-likeness (QED) is 0.449. The number of nitrogens with one attached hydrogen (secondary N) is 1. The Morgan fingerprint density at radius 1 is 0.917 bits per heavy atom. The maximum Gasteiger partial charge on any atom is 0.416 e. The maximum absolute atomic E-state index is 12.9. The standard InChI is InChI=1S/C27H24F3N5O/c1-34-25(36)16-23(21-10-12-31-13-11-21)33-26(34)35-15-14-32-24(17-35)20-4-2-18(3-5-20)19-6-8-22(9-7-19)27(28,29)30/h2-13,16,24,32H,14-15,17H2,1H3/t24-/m1/s1. The summed E-state index contributed by atoms with van der Waals surface area (Å²) in [7, 11) is 1.72. The predicted octanol–water partition coefficient (Wildman–Crippen LogP) is 4.68. The molecule has 1 aliphatic heterocycles. The van der Waals surface area contributed by atoms with Crippen LogP contribution in [0.25, 0.3) is 22.4 Å². The van der Waals surface area contributed by atoms with Crippen LogP contribution < -0.4 is 15.8 Å². The number of hydrogen-bond donors (Lipinski definition) is 1. The third-order valence-corrected chi connectivity index (χ3v) is 6.40. The third kappa shape index (κ3) is 4.87. The highest BCUT2D eigenvalue weighted by Gasteiger charge is 2.30. The first-order valence-corrected chi connectivity index (χ1v) is 11.5. The van der Waals surface area contributed by atoms with E-state index in [1.54, 1.807) is 24.0 Å². The molecule has 6 nitrogen and oxygen atoms in total. The van der Waals surface area contributed by atoms with Crippen LogP contribution in [0.1, 0.15) is 17.2 Å². The van der Waals surface area contributed by atoms with Gasteiger partial charge in [-0.05, 0) is 41.0 Å². The Morgan fingerprint density at radius 3 is 2.19 bits per heavy atom. The molecule has 5 rings (SSSR count). The minimum Gasteiger partial charge on any atom is -0.339 e. The zero-order chi connectivity index (χ0) is 25.3. The number of hydrogen-bond acceptors (Lipinski definition) is 5. The van der Waals surface area contributed by atoms with Gasteiger partial charge in [-0.25, -0.2) is 4.98 Å². The SMILES string of the molecule is Cn1c(N2CCN[C@@H](c3ccc(-c4ccc(C(F)(F)F)cc4)cc3)C2)nc(-c2ccncc2)cc1=O. The van der Waals surface area contributed by atoms with Crippen molar-refractivity contribution in [2.75, 3.05) is 24.5 Å². The van der Waals surface area contributed by atoms with Gasteiger partial charge < -0.3 is 10.2 Å². The lowest BCUT2D eigenvalue weighted by Crippen LogP contribution is -2.47. The van der Waals surface area contributed by atoms with Crippen LogP contribution in [0.3, 0.4) is 0 Å². The van der Waals surface area contributed by atoms with E-state index in [2.05, 4.69) is 15.2 Å². The van der Waals surface area contributed by atoms with Crippen molar-refractivity contribution < 1.29 is 13.2 Å². The Morgan fingerprint density at radius 2 is 1.56 bits per heavy atom. The smallest absolute Gasteiger partial charge is 0.339 e. The zero-order valence-corrected chi connectivity index (χ0v) is 19.5. The molecule has 3 heterocycles. The van der Waals surface area contributed by atoms with Crippen molar-refractivity contribution in [3.8, 4) is 22.4 Å². The van der Waals surface area contributed by atoms with Crippen LogP contribution in [-0.2, 0) is 13.2 Å². The van der Waals surface area contributed by atoms with Crippen LogP contribution in [0.2, 0.25) is 0 Å². The topological polar surface area (TPSA) is 63.1 Å². The van der Waals surface area contributed by atoms with Gasteiger partial charge in [-0.3, -0.25) is 14.3 Å². The fourth-order valence-electron chi connectivity index (χ4n) is 4.40. The molecule has 1 saturated heterocycles. The number of anilines is 1. The van der Waals surface area contributed by atoms with Crippen molar-refractivity contribution in [1.82, 2.24) is 19.9 Å². The summed E-state index contributed by atoms with van der Waals surface area (Å²) in [5.41, 5.74) is 3.24. The van der Waals surface area contributed by atoms with E-state index in [1.807, 2.05) is 36.4 Å². The Bertz CT molecular complexity index is 1400. The van der Waals surface area contributed by atoms with Gasteiger partial charge in [0.25, 0.3) is 5.56 Å². The summed E-state index contributed by atoms with van der Waals surface area (Å²) in [6, 6.07) is 18.1. The zero-order valence-electron chi connectivity index (χ0n) is 19.5. The molecule has 2 aromatic heterocycles. The minimum atomic E-state index is -4.35. The fraction of sp³-hybridized carbons (Fsp3) is 0.222. The second-order valence-corrected chi connectivity index (χ2v) is 8.72. The molecule has 0 saturated carbocycles. The number of benzene rings is 2. The Balaban J connectivity index is 1.36. The largest absolute Gasteiger partial charge is 0.416 e. The molecule has 1 N–H and O–H groups in total. The van der Waals surface area contributed by atoms with E-state index in [9.17, 15) is 18.0 Å². The Hall–Kier alpha value is -3.98. The molecule has 1 fully saturated rings. The highest BCUT2D eigenvalue weighted by atomic mass is 19.4. The summed E-state index contributed by atoms with van der Waals surface area (Å²) >= 11 is 0. The molecule has 0 unspecified atom stereocenters. The third-order valence-electron chi connectivity index (χ3n) is 6.40. The first-order valence-electron chi connectivity index (χ1n) is 11.5. The van der Waals surface area contributed by atoms with Crippen LogP contribution in [-0.4, -0.2) is 34.2 Å². The summed E-state index contributed by atoms with van der Waals surface area (Å²) in [6.45, 7) is 2.01. The Kier molecular flexibility index (Phi) is 6.32. The van der Waals surface area contributed by atoms with Crippen LogP contribution in [0.5, 0.6) is 0 Å². The summed E-state index contributed by atoms with van der Waals surface area (Å²) in [4.78, 5) is 23.6. The van der Waals surface area contributed by atoms with Gasteiger partial charge in [0.2, 0.25) is 5.95 Å². The highest BCUT2D eigenvalue weighted by molar-refractivity contribution is 5.64.